The van der Waals surface area contributed by atoms with E-state index in [1.165, 1.54) is 96.3 Å². The molecular weight excluding hydrogens is 530 g/mol. The Hall–Kier alpha value is -1.89. The van der Waals surface area contributed by atoms with E-state index in [2.05, 4.69) is 19.1 Å². The number of nitrogens with zero attached hydrogens (tertiary/aromatic N) is 1. The van der Waals surface area contributed by atoms with Crippen molar-refractivity contribution in [1.29, 1.82) is 0 Å². The molecule has 3 unspecified atom stereocenters. The molecule has 0 radical (unpaired) electrons. The van der Waals surface area contributed by atoms with Crippen LogP contribution in [0.15, 0.2) is 12.2 Å². The molecule has 0 spiro atoms. The molecule has 0 aliphatic carbocycles. The molecule has 246 valence electrons. The number of carbonyl (C=O) groups is 3. The molecule has 0 saturated carbocycles. The number of carboxylic acid groups (broad SMARTS) is 3. The van der Waals surface area contributed by atoms with E-state index in [9.17, 15) is 29.7 Å². The first-order chi connectivity index (χ1) is 20.0. The highest BCUT2D eigenvalue weighted by Gasteiger charge is 2.36. The number of carboxylic acids is 3. The average Bonchev–Trinajstić information content (AvgIpc) is 2.93. The summed E-state index contributed by atoms with van der Waals surface area (Å²) in [5.41, 5.74) is 0. The Bertz CT molecular complexity index is 682. The molecule has 0 aromatic carbocycles. The highest BCUT2D eigenvalue weighted by atomic mass is 16.4. The zero-order valence-corrected chi connectivity index (χ0v) is 27.6. The maximum atomic E-state index is 11.6. The Kier molecular flexibility index (Phi) is 24.4. The average molecular weight is 596 g/mol. The number of carbonyl (C=O) groups excluding carboxylic acids is 1. The van der Waals surface area contributed by atoms with Gasteiger partial charge in [-0.2, -0.15) is 0 Å². The van der Waals surface area contributed by atoms with Crippen LogP contribution in [0.4, 0.5) is 0 Å². The van der Waals surface area contributed by atoms with Crippen LogP contribution < -0.4 is 5.11 Å². The predicted molar refractivity (Wildman–Crippen MR) is 170 cm³/mol. The van der Waals surface area contributed by atoms with Crippen LogP contribution in [0.25, 0.3) is 0 Å². The first-order valence-electron chi connectivity index (χ1n) is 17.2. The van der Waals surface area contributed by atoms with Crippen molar-refractivity contribution in [2.45, 2.75) is 150 Å². The van der Waals surface area contributed by atoms with Gasteiger partial charge in [-0.1, -0.05) is 109 Å². The van der Waals surface area contributed by atoms with Crippen LogP contribution in [0.2, 0.25) is 0 Å². The molecule has 0 rings (SSSR count). The molecule has 3 atom stereocenters. The third kappa shape index (κ3) is 21.8. The van der Waals surface area contributed by atoms with Gasteiger partial charge in [-0.25, -0.2) is 0 Å². The molecule has 0 aromatic rings. The molecule has 0 aromatic heterocycles. The lowest BCUT2D eigenvalue weighted by molar-refractivity contribution is -0.934. The summed E-state index contributed by atoms with van der Waals surface area (Å²) in [5, 5.41) is 30.6. The van der Waals surface area contributed by atoms with E-state index in [0.717, 1.165) is 25.7 Å². The van der Waals surface area contributed by atoms with E-state index in [1.807, 2.05) is 0 Å². The summed E-state index contributed by atoms with van der Waals surface area (Å²) in [6, 6.07) is 0. The van der Waals surface area contributed by atoms with Crippen molar-refractivity contribution < 1.29 is 34.2 Å². The first-order valence-corrected chi connectivity index (χ1v) is 17.2. The minimum absolute atomic E-state index is 0.185. The van der Waals surface area contributed by atoms with Gasteiger partial charge >= 0.3 is 11.9 Å². The smallest absolute Gasteiger partial charge is 0.311 e. The molecule has 0 aliphatic heterocycles. The molecule has 7 nitrogen and oxygen atoms in total. The number of aliphatic carboxylic acids is 3. The fraction of sp³-hybridized carbons (Fsp3) is 0.857. The van der Waals surface area contributed by atoms with Gasteiger partial charge < -0.3 is 24.6 Å². The second-order valence-corrected chi connectivity index (χ2v) is 13.0. The van der Waals surface area contributed by atoms with Crippen LogP contribution in [-0.2, 0) is 14.4 Å². The minimum atomic E-state index is -1.18. The van der Waals surface area contributed by atoms with Crippen LogP contribution in [-0.4, -0.2) is 58.8 Å². The molecule has 42 heavy (non-hydrogen) atoms. The van der Waals surface area contributed by atoms with E-state index >= 15 is 0 Å². The van der Waals surface area contributed by atoms with E-state index in [4.69, 9.17) is 0 Å². The Labute approximate surface area is 257 Å². The van der Waals surface area contributed by atoms with Gasteiger partial charge in [0.15, 0.2) is 0 Å². The normalized spacial score (nSPS) is 15.3. The van der Waals surface area contributed by atoms with Crippen molar-refractivity contribution in [2.75, 3.05) is 26.2 Å². The highest BCUT2D eigenvalue weighted by Crippen LogP contribution is 2.22. The number of allylic oxidation sites excluding steroid dienone is 2. The van der Waals surface area contributed by atoms with Crippen molar-refractivity contribution in [3.8, 4) is 0 Å². The van der Waals surface area contributed by atoms with Crippen LogP contribution in [0, 0.1) is 17.8 Å². The highest BCUT2D eigenvalue weighted by molar-refractivity contribution is 5.70. The lowest BCUT2D eigenvalue weighted by Crippen LogP contribution is -2.58. The summed E-state index contributed by atoms with van der Waals surface area (Å²) in [4.78, 5) is 34.8. The number of hydrogen-bond donors (Lipinski definition) is 2. The summed E-state index contributed by atoms with van der Waals surface area (Å²) in [6.07, 6.45) is 28.5. The SMILES string of the molecule is CCCCCCCCC/C=C/CCCCCCCCCCCC[N+](CC(C)C(=O)[O-])(CC(C)C(=O)O)CC(C)C(=O)O. The quantitative estimate of drug-likeness (QED) is 0.0501. The van der Waals surface area contributed by atoms with Crippen LogP contribution in [0.5, 0.6) is 0 Å². The van der Waals surface area contributed by atoms with Crippen LogP contribution in [0.1, 0.15) is 150 Å². The topological polar surface area (TPSA) is 115 Å². The number of unbranched alkanes of at least 4 members (excludes halogenated alkanes) is 17. The molecule has 0 amide bonds. The third-order valence-corrected chi connectivity index (χ3v) is 8.62. The largest absolute Gasteiger partial charge is 0.550 e. The van der Waals surface area contributed by atoms with Crippen molar-refractivity contribution in [1.82, 2.24) is 0 Å². The predicted octanol–water partition coefficient (Wildman–Crippen LogP) is 7.62. The maximum Gasteiger partial charge on any atom is 0.311 e. The number of hydrogen-bond acceptors (Lipinski definition) is 4. The fourth-order valence-corrected chi connectivity index (χ4v) is 6.05. The van der Waals surface area contributed by atoms with Crippen molar-refractivity contribution >= 4 is 17.9 Å². The van der Waals surface area contributed by atoms with Crippen molar-refractivity contribution in [2.24, 2.45) is 17.8 Å². The first kappa shape index (κ1) is 40.1. The van der Waals surface area contributed by atoms with Crippen LogP contribution >= 0.6 is 0 Å². The summed E-state index contributed by atoms with van der Waals surface area (Å²) >= 11 is 0. The van der Waals surface area contributed by atoms with Gasteiger partial charge in [-0.15, -0.1) is 0 Å². The number of quaternary nitrogens is 1. The molecule has 0 fully saturated rings. The maximum absolute atomic E-state index is 11.6. The summed E-state index contributed by atoms with van der Waals surface area (Å²) in [5.74, 6) is -5.23. The Balaban J connectivity index is 4.21. The van der Waals surface area contributed by atoms with E-state index in [1.54, 1.807) is 20.8 Å². The second-order valence-electron chi connectivity index (χ2n) is 13.0. The van der Waals surface area contributed by atoms with Gasteiger partial charge in [0, 0.05) is 11.9 Å². The summed E-state index contributed by atoms with van der Waals surface area (Å²) < 4.78 is 0.185. The molecule has 0 heterocycles. The van der Waals surface area contributed by atoms with Gasteiger partial charge in [-0.05, 0) is 52.4 Å². The second kappa shape index (κ2) is 25.6. The van der Waals surface area contributed by atoms with Gasteiger partial charge in [0.05, 0.1) is 26.2 Å². The van der Waals surface area contributed by atoms with Crippen LogP contribution in [0.3, 0.4) is 0 Å². The standard InChI is InChI=1S/C35H65NO6/c1-5-6-7-8-9-10-11-12-13-14-15-16-17-18-19-20-21-22-23-24-25-26-36(27-30(2)33(37)38,28-31(3)34(39)40)29-32(4)35(41)42/h13-14,30-32H,5-12,15-29H2,1-4H3,(H2-,37,38,39,40,41,42)/b14-13+. The Morgan fingerprint density at radius 3 is 1.26 bits per heavy atom. The van der Waals surface area contributed by atoms with Gasteiger partial charge in [0.1, 0.15) is 11.8 Å². The van der Waals surface area contributed by atoms with Crippen molar-refractivity contribution in [3.05, 3.63) is 12.2 Å². The van der Waals surface area contributed by atoms with Gasteiger partial charge in [0.2, 0.25) is 0 Å². The van der Waals surface area contributed by atoms with E-state index in [0.29, 0.717) is 6.54 Å². The Morgan fingerprint density at radius 2 is 0.905 bits per heavy atom. The summed E-state index contributed by atoms with van der Waals surface area (Å²) in [7, 11) is 0. The fourth-order valence-electron chi connectivity index (χ4n) is 6.05. The zero-order valence-electron chi connectivity index (χ0n) is 27.6. The third-order valence-electron chi connectivity index (χ3n) is 8.62. The van der Waals surface area contributed by atoms with Gasteiger partial charge in [0.25, 0.3) is 0 Å². The lowest BCUT2D eigenvalue weighted by Gasteiger charge is -2.43. The number of rotatable bonds is 30. The van der Waals surface area contributed by atoms with E-state index in [-0.39, 0.29) is 24.1 Å². The van der Waals surface area contributed by atoms with Crippen molar-refractivity contribution in [3.63, 3.8) is 0 Å². The molecule has 0 bridgehead atoms. The molecule has 2 N–H and O–H groups in total. The van der Waals surface area contributed by atoms with E-state index < -0.39 is 35.7 Å². The minimum Gasteiger partial charge on any atom is -0.550 e. The zero-order chi connectivity index (χ0) is 31.6. The lowest BCUT2D eigenvalue weighted by atomic mass is 10.00. The summed E-state index contributed by atoms with van der Waals surface area (Å²) in [6.45, 7) is 8.26. The molecule has 7 heteroatoms. The monoisotopic (exact) mass is 595 g/mol. The van der Waals surface area contributed by atoms with Gasteiger partial charge in [-0.3, -0.25) is 9.59 Å². The molecule has 0 aliphatic rings. The Morgan fingerprint density at radius 1 is 0.571 bits per heavy atom. The molecular formula is C35H65NO6. The molecule has 0 saturated heterocycles.